The molecule has 0 spiro atoms. The third-order valence-electron chi connectivity index (χ3n) is 3.40. The number of anilines is 1. The zero-order valence-corrected chi connectivity index (χ0v) is 12.5. The number of urea groups is 1. The molecule has 0 saturated heterocycles. The largest absolute Gasteiger partial charge is 0.351 e. The number of nitrogens with zero attached hydrogens (tertiary/aromatic N) is 3. The van der Waals surface area contributed by atoms with Crippen LogP contribution in [-0.4, -0.2) is 26.8 Å². The smallest absolute Gasteiger partial charge is 0.316 e. The highest BCUT2D eigenvalue weighted by molar-refractivity contribution is 5.96. The fourth-order valence-electron chi connectivity index (χ4n) is 2.24. The van der Waals surface area contributed by atoms with Gasteiger partial charge in [-0.2, -0.15) is 0 Å². The lowest BCUT2D eigenvalue weighted by atomic mass is 10.1. The number of Topliss-reactive ketones (excluding diaryl/α,β-unsaturated/α-hetero) is 1. The van der Waals surface area contributed by atoms with Gasteiger partial charge in [-0.15, -0.1) is 5.10 Å². The van der Waals surface area contributed by atoms with E-state index in [1.807, 2.05) is 0 Å². The maximum absolute atomic E-state index is 12.3. The second-order valence-electron chi connectivity index (χ2n) is 5.06. The molecule has 0 radical (unpaired) electrons. The van der Waals surface area contributed by atoms with Crippen molar-refractivity contribution in [2.75, 3.05) is 5.32 Å². The molecular weight excluding hydrogens is 310 g/mol. The van der Waals surface area contributed by atoms with Crippen LogP contribution in [0.15, 0.2) is 53.3 Å². The van der Waals surface area contributed by atoms with Crippen LogP contribution in [0.3, 0.4) is 0 Å². The van der Waals surface area contributed by atoms with Crippen molar-refractivity contribution in [3.63, 3.8) is 0 Å². The summed E-state index contributed by atoms with van der Waals surface area (Å²) in [6.45, 7) is -0.223. The van der Waals surface area contributed by atoms with E-state index in [0.29, 0.717) is 22.2 Å². The molecule has 1 heterocycles. The van der Waals surface area contributed by atoms with Gasteiger partial charge in [-0.3, -0.25) is 9.59 Å². The van der Waals surface area contributed by atoms with Crippen molar-refractivity contribution in [3.05, 3.63) is 64.4 Å². The van der Waals surface area contributed by atoms with E-state index >= 15 is 0 Å². The van der Waals surface area contributed by atoms with Crippen molar-refractivity contribution in [1.82, 2.24) is 15.0 Å². The summed E-state index contributed by atoms with van der Waals surface area (Å²) in [5.74, 6) is -0.299. The highest BCUT2D eigenvalue weighted by Crippen LogP contribution is 2.10. The van der Waals surface area contributed by atoms with E-state index in [9.17, 15) is 14.4 Å². The Morgan fingerprint density at radius 1 is 1.08 bits per heavy atom. The zero-order valence-electron chi connectivity index (χ0n) is 12.5. The number of rotatable bonds is 4. The molecule has 0 aliphatic rings. The molecule has 3 aromatic rings. The normalized spacial score (nSPS) is 10.5. The van der Waals surface area contributed by atoms with Crippen LogP contribution in [0.1, 0.15) is 10.4 Å². The Kier molecular flexibility index (Phi) is 4.02. The number of aromatic nitrogens is 3. The molecule has 0 aliphatic heterocycles. The number of hydrogen-bond donors (Lipinski definition) is 2. The topological polar surface area (TPSA) is 120 Å². The van der Waals surface area contributed by atoms with Crippen molar-refractivity contribution in [3.8, 4) is 0 Å². The lowest BCUT2D eigenvalue weighted by Crippen LogP contribution is -2.27. The van der Waals surface area contributed by atoms with Gasteiger partial charge in [0.15, 0.2) is 5.78 Å². The Labute approximate surface area is 135 Å². The molecule has 2 aromatic carbocycles. The zero-order chi connectivity index (χ0) is 17.1. The molecule has 0 bridgehead atoms. The van der Waals surface area contributed by atoms with Gasteiger partial charge < -0.3 is 11.1 Å². The highest BCUT2D eigenvalue weighted by atomic mass is 16.2. The van der Waals surface area contributed by atoms with Gasteiger partial charge in [0, 0.05) is 11.3 Å². The number of ketones is 1. The summed E-state index contributed by atoms with van der Waals surface area (Å²) in [6, 6.07) is 12.3. The average molecular weight is 323 g/mol. The number of nitrogens with one attached hydrogen (secondary N) is 1. The van der Waals surface area contributed by atoms with Crippen LogP contribution < -0.4 is 16.6 Å². The van der Waals surface area contributed by atoms with Gasteiger partial charge >= 0.3 is 6.03 Å². The first-order chi connectivity index (χ1) is 11.5. The molecule has 8 heteroatoms. The van der Waals surface area contributed by atoms with Crippen LogP contribution >= 0.6 is 0 Å². The Balaban J connectivity index is 1.83. The van der Waals surface area contributed by atoms with Crippen molar-refractivity contribution in [2.24, 2.45) is 5.73 Å². The Hall–Kier alpha value is -3.55. The maximum Gasteiger partial charge on any atom is 0.316 e. The molecule has 2 amide bonds. The predicted molar refractivity (Wildman–Crippen MR) is 87.8 cm³/mol. The number of carbonyl (C=O) groups is 2. The second kappa shape index (κ2) is 6.29. The molecule has 120 valence electrons. The number of amides is 2. The quantitative estimate of drug-likeness (QED) is 0.698. The number of nitrogens with two attached hydrogens (primary N) is 1. The van der Waals surface area contributed by atoms with Crippen LogP contribution in [-0.2, 0) is 6.54 Å². The Bertz CT molecular complexity index is 979. The summed E-state index contributed by atoms with van der Waals surface area (Å²) >= 11 is 0. The minimum atomic E-state index is -0.688. The Morgan fingerprint density at radius 3 is 2.50 bits per heavy atom. The van der Waals surface area contributed by atoms with E-state index in [1.165, 1.54) is 12.1 Å². The lowest BCUT2D eigenvalue weighted by molar-refractivity contribution is 0.0964. The summed E-state index contributed by atoms with van der Waals surface area (Å²) in [7, 11) is 0. The van der Waals surface area contributed by atoms with Crippen molar-refractivity contribution in [2.45, 2.75) is 6.54 Å². The summed E-state index contributed by atoms with van der Waals surface area (Å²) in [5, 5.41) is 10.5. The second-order valence-corrected chi connectivity index (χ2v) is 5.06. The molecule has 0 atom stereocenters. The fraction of sp³-hybridized carbons (Fsp3) is 0.0625. The number of fused-ring (bicyclic) bond motifs is 1. The van der Waals surface area contributed by atoms with Gasteiger partial charge in [-0.05, 0) is 36.4 Å². The number of carbonyl (C=O) groups excluding carboxylic acids is 2. The molecule has 1 aromatic heterocycles. The molecule has 0 aliphatic carbocycles. The molecule has 0 fully saturated rings. The summed E-state index contributed by atoms with van der Waals surface area (Å²) in [4.78, 5) is 35.4. The first-order valence-electron chi connectivity index (χ1n) is 7.07. The Morgan fingerprint density at radius 2 is 1.79 bits per heavy atom. The molecule has 24 heavy (non-hydrogen) atoms. The molecular formula is C16H13N5O3. The molecule has 0 unspecified atom stereocenters. The van der Waals surface area contributed by atoms with E-state index < -0.39 is 6.03 Å². The van der Waals surface area contributed by atoms with E-state index in [-0.39, 0.29) is 17.9 Å². The van der Waals surface area contributed by atoms with Gasteiger partial charge in [0.05, 0.1) is 5.39 Å². The van der Waals surface area contributed by atoms with Crippen LogP contribution in [0.2, 0.25) is 0 Å². The standard InChI is InChI=1S/C16H13N5O3/c17-16(24)18-11-7-5-10(6-8-11)14(22)9-21-15(23)12-3-1-2-4-13(12)19-20-21/h1-8H,9H2,(H3,17,18,24). The summed E-state index contributed by atoms with van der Waals surface area (Å²) in [6.07, 6.45) is 0. The van der Waals surface area contributed by atoms with E-state index in [1.54, 1.807) is 36.4 Å². The van der Waals surface area contributed by atoms with Crippen molar-refractivity contribution >= 4 is 28.4 Å². The monoisotopic (exact) mass is 323 g/mol. The van der Waals surface area contributed by atoms with Gasteiger partial charge in [0.25, 0.3) is 5.56 Å². The van der Waals surface area contributed by atoms with Gasteiger partial charge in [-0.25, -0.2) is 9.48 Å². The minimum absolute atomic E-state index is 0.223. The summed E-state index contributed by atoms with van der Waals surface area (Å²) in [5.41, 5.74) is 5.98. The van der Waals surface area contributed by atoms with E-state index in [4.69, 9.17) is 5.73 Å². The molecule has 0 saturated carbocycles. The van der Waals surface area contributed by atoms with Gasteiger partial charge in [0.2, 0.25) is 0 Å². The first-order valence-corrected chi connectivity index (χ1v) is 7.07. The third kappa shape index (κ3) is 3.12. The maximum atomic E-state index is 12.3. The van der Waals surface area contributed by atoms with E-state index in [0.717, 1.165) is 4.68 Å². The van der Waals surface area contributed by atoms with Crippen LogP contribution in [0.4, 0.5) is 10.5 Å². The number of primary amides is 1. The third-order valence-corrected chi connectivity index (χ3v) is 3.40. The van der Waals surface area contributed by atoms with Gasteiger partial charge in [-0.1, -0.05) is 17.3 Å². The summed E-state index contributed by atoms with van der Waals surface area (Å²) < 4.78 is 1.03. The number of hydrogen-bond acceptors (Lipinski definition) is 5. The highest BCUT2D eigenvalue weighted by Gasteiger charge is 2.11. The van der Waals surface area contributed by atoms with Crippen LogP contribution in [0.25, 0.3) is 10.9 Å². The van der Waals surface area contributed by atoms with Crippen molar-refractivity contribution < 1.29 is 9.59 Å². The molecule has 3 N–H and O–H groups in total. The molecule has 3 rings (SSSR count). The SMILES string of the molecule is NC(=O)Nc1ccc(C(=O)Cn2nnc3ccccc3c2=O)cc1. The van der Waals surface area contributed by atoms with E-state index in [2.05, 4.69) is 15.6 Å². The fourth-order valence-corrected chi connectivity index (χ4v) is 2.24. The molecule has 8 nitrogen and oxygen atoms in total. The predicted octanol–water partition coefficient (Wildman–Crippen LogP) is 1.17. The lowest BCUT2D eigenvalue weighted by Gasteiger charge is -2.06. The van der Waals surface area contributed by atoms with Crippen LogP contribution in [0, 0.1) is 0 Å². The van der Waals surface area contributed by atoms with Gasteiger partial charge in [0.1, 0.15) is 12.1 Å². The minimum Gasteiger partial charge on any atom is -0.351 e. The van der Waals surface area contributed by atoms with Crippen LogP contribution in [0.5, 0.6) is 0 Å². The van der Waals surface area contributed by atoms with Crippen molar-refractivity contribution in [1.29, 1.82) is 0 Å². The average Bonchev–Trinajstić information content (AvgIpc) is 2.57. The first kappa shape index (κ1) is 15.3. The number of benzene rings is 2.